The molecule has 3 atom stereocenters. The highest BCUT2D eigenvalue weighted by Crippen LogP contribution is 2.64. The average Bonchev–Trinajstić information content (AvgIpc) is 2.39. The van der Waals surface area contributed by atoms with Crippen molar-refractivity contribution in [3.05, 3.63) is 0 Å². The van der Waals surface area contributed by atoms with Crippen molar-refractivity contribution in [3.8, 4) is 0 Å². The van der Waals surface area contributed by atoms with Crippen LogP contribution in [0.3, 0.4) is 0 Å². The van der Waals surface area contributed by atoms with Gasteiger partial charge in [0.2, 0.25) is 0 Å². The Labute approximate surface area is 82.0 Å². The standard InChI is InChI=1S/C10H15BrO/c1-9-4-3-7(5-8(9)12)10(9,2)6-11/h7H,3-6H2,1-2H3/t7-,9+,10?/m0/s1. The lowest BCUT2D eigenvalue weighted by molar-refractivity contribution is -0.128. The Morgan fingerprint density at radius 2 is 2.25 bits per heavy atom. The number of fused-ring (bicyclic) bond motifs is 2. The van der Waals surface area contributed by atoms with Gasteiger partial charge in [-0.3, -0.25) is 4.79 Å². The molecule has 1 nitrogen and oxygen atoms in total. The number of hydrogen-bond acceptors (Lipinski definition) is 1. The minimum atomic E-state index is -0.0127. The SMILES string of the molecule is CC1(CBr)[C@H]2CC[C@]1(C)C(=O)C2. The molecular weight excluding hydrogens is 216 g/mol. The summed E-state index contributed by atoms with van der Waals surface area (Å²) >= 11 is 3.56. The van der Waals surface area contributed by atoms with Gasteiger partial charge in [-0.25, -0.2) is 0 Å². The maximum Gasteiger partial charge on any atom is 0.139 e. The highest BCUT2D eigenvalue weighted by Gasteiger charge is 2.63. The molecule has 2 saturated carbocycles. The lowest BCUT2D eigenvalue weighted by atomic mass is 9.70. The first-order valence-corrected chi connectivity index (χ1v) is 5.76. The van der Waals surface area contributed by atoms with E-state index in [0.717, 1.165) is 18.2 Å². The second kappa shape index (κ2) is 2.34. The van der Waals surface area contributed by atoms with E-state index >= 15 is 0 Å². The molecule has 2 fully saturated rings. The molecule has 2 bridgehead atoms. The van der Waals surface area contributed by atoms with Crippen LogP contribution in [0.25, 0.3) is 0 Å². The van der Waals surface area contributed by atoms with Crippen LogP contribution in [-0.4, -0.2) is 11.1 Å². The first kappa shape index (κ1) is 8.74. The van der Waals surface area contributed by atoms with Crippen molar-refractivity contribution in [2.45, 2.75) is 33.1 Å². The van der Waals surface area contributed by atoms with Crippen LogP contribution in [0.5, 0.6) is 0 Å². The van der Waals surface area contributed by atoms with Crippen LogP contribution >= 0.6 is 15.9 Å². The van der Waals surface area contributed by atoms with Crippen molar-refractivity contribution in [1.29, 1.82) is 0 Å². The van der Waals surface area contributed by atoms with E-state index in [4.69, 9.17) is 0 Å². The maximum atomic E-state index is 11.7. The zero-order valence-corrected chi connectivity index (χ0v) is 9.28. The van der Waals surface area contributed by atoms with Gasteiger partial charge in [0.1, 0.15) is 5.78 Å². The molecule has 0 N–H and O–H groups in total. The minimum absolute atomic E-state index is 0.0127. The first-order chi connectivity index (χ1) is 5.54. The molecular formula is C10H15BrO. The van der Waals surface area contributed by atoms with Gasteiger partial charge in [0.15, 0.2) is 0 Å². The number of rotatable bonds is 1. The Morgan fingerprint density at radius 1 is 1.58 bits per heavy atom. The van der Waals surface area contributed by atoms with E-state index in [9.17, 15) is 4.79 Å². The van der Waals surface area contributed by atoms with Gasteiger partial charge in [-0.15, -0.1) is 0 Å². The normalized spacial score (nSPS) is 51.9. The summed E-state index contributed by atoms with van der Waals surface area (Å²) in [5.41, 5.74) is 0.227. The zero-order chi connectivity index (χ0) is 8.98. The Hall–Kier alpha value is 0.150. The van der Waals surface area contributed by atoms with E-state index in [-0.39, 0.29) is 10.8 Å². The summed E-state index contributed by atoms with van der Waals surface area (Å²) in [4.78, 5) is 11.7. The number of Topliss-reactive ketones (excluding diaryl/α,β-unsaturated/α-hetero) is 1. The number of ketones is 1. The number of carbonyl (C=O) groups is 1. The Bertz CT molecular complexity index is 238. The summed E-state index contributed by atoms with van der Waals surface area (Å²) in [6.07, 6.45) is 3.20. The van der Waals surface area contributed by atoms with E-state index in [1.807, 2.05) is 0 Å². The van der Waals surface area contributed by atoms with Crippen LogP contribution in [0.2, 0.25) is 0 Å². The van der Waals surface area contributed by atoms with Crippen LogP contribution in [0.1, 0.15) is 33.1 Å². The van der Waals surface area contributed by atoms with Gasteiger partial charge in [0, 0.05) is 17.2 Å². The Kier molecular flexibility index (Phi) is 1.70. The molecule has 0 amide bonds. The van der Waals surface area contributed by atoms with E-state index in [0.29, 0.717) is 11.7 Å². The van der Waals surface area contributed by atoms with Gasteiger partial charge in [0.25, 0.3) is 0 Å². The Morgan fingerprint density at radius 3 is 2.50 bits per heavy atom. The van der Waals surface area contributed by atoms with Crippen LogP contribution in [0.4, 0.5) is 0 Å². The van der Waals surface area contributed by atoms with Crippen molar-refractivity contribution >= 4 is 21.7 Å². The quantitative estimate of drug-likeness (QED) is 0.634. The third-order valence-electron chi connectivity index (χ3n) is 4.48. The molecule has 68 valence electrons. The van der Waals surface area contributed by atoms with Crippen molar-refractivity contribution in [3.63, 3.8) is 0 Å². The minimum Gasteiger partial charge on any atom is -0.299 e. The molecule has 0 saturated heterocycles. The number of hydrogen-bond donors (Lipinski definition) is 0. The van der Waals surface area contributed by atoms with E-state index in [2.05, 4.69) is 29.8 Å². The highest BCUT2D eigenvalue weighted by atomic mass is 79.9. The zero-order valence-electron chi connectivity index (χ0n) is 7.69. The van der Waals surface area contributed by atoms with Crippen LogP contribution in [0, 0.1) is 16.7 Å². The molecule has 0 aromatic carbocycles. The van der Waals surface area contributed by atoms with Crippen molar-refractivity contribution in [2.75, 3.05) is 5.33 Å². The van der Waals surface area contributed by atoms with Gasteiger partial charge in [0.05, 0.1) is 0 Å². The summed E-state index contributed by atoms with van der Waals surface area (Å²) in [5.74, 6) is 1.15. The van der Waals surface area contributed by atoms with Crippen molar-refractivity contribution in [2.24, 2.45) is 16.7 Å². The summed E-state index contributed by atoms with van der Waals surface area (Å²) in [6.45, 7) is 4.42. The summed E-state index contributed by atoms with van der Waals surface area (Å²) in [7, 11) is 0. The van der Waals surface area contributed by atoms with Crippen LogP contribution in [-0.2, 0) is 4.79 Å². The summed E-state index contributed by atoms with van der Waals surface area (Å²) in [5, 5.41) is 0.979. The lowest BCUT2D eigenvalue weighted by Gasteiger charge is -2.34. The molecule has 0 radical (unpaired) electrons. The molecule has 12 heavy (non-hydrogen) atoms. The summed E-state index contributed by atoms with van der Waals surface area (Å²) in [6, 6.07) is 0. The number of halogens is 1. The largest absolute Gasteiger partial charge is 0.299 e. The topological polar surface area (TPSA) is 17.1 Å². The first-order valence-electron chi connectivity index (χ1n) is 4.64. The third kappa shape index (κ3) is 0.729. The van der Waals surface area contributed by atoms with Gasteiger partial charge in [-0.1, -0.05) is 29.8 Å². The second-order valence-electron chi connectivity index (χ2n) is 4.75. The number of alkyl halides is 1. The fourth-order valence-corrected chi connectivity index (χ4v) is 4.09. The van der Waals surface area contributed by atoms with Crippen LogP contribution in [0.15, 0.2) is 0 Å². The predicted molar refractivity (Wildman–Crippen MR) is 52.4 cm³/mol. The van der Waals surface area contributed by atoms with Crippen molar-refractivity contribution < 1.29 is 4.79 Å². The smallest absolute Gasteiger partial charge is 0.139 e. The molecule has 2 aliphatic rings. The third-order valence-corrected chi connectivity index (χ3v) is 5.64. The molecule has 0 spiro atoms. The fraction of sp³-hybridized carbons (Fsp3) is 0.900. The molecule has 1 unspecified atom stereocenters. The maximum absolute atomic E-state index is 11.7. The molecule has 2 heteroatoms. The van der Waals surface area contributed by atoms with E-state index < -0.39 is 0 Å². The van der Waals surface area contributed by atoms with Gasteiger partial charge in [-0.05, 0) is 24.2 Å². The highest BCUT2D eigenvalue weighted by molar-refractivity contribution is 9.09. The molecule has 0 heterocycles. The van der Waals surface area contributed by atoms with Crippen molar-refractivity contribution in [1.82, 2.24) is 0 Å². The molecule has 0 aromatic rings. The fourth-order valence-electron chi connectivity index (χ4n) is 3.01. The van der Waals surface area contributed by atoms with Gasteiger partial charge in [-0.2, -0.15) is 0 Å². The Balaban J connectivity index is 2.44. The van der Waals surface area contributed by atoms with E-state index in [1.165, 1.54) is 6.42 Å². The molecule has 2 aliphatic carbocycles. The molecule has 0 aromatic heterocycles. The van der Waals surface area contributed by atoms with Gasteiger partial charge >= 0.3 is 0 Å². The average molecular weight is 231 g/mol. The summed E-state index contributed by atoms with van der Waals surface area (Å²) < 4.78 is 0. The monoisotopic (exact) mass is 230 g/mol. The molecule has 0 aliphatic heterocycles. The molecule has 2 rings (SSSR count). The van der Waals surface area contributed by atoms with Gasteiger partial charge < -0.3 is 0 Å². The second-order valence-corrected chi connectivity index (χ2v) is 5.31. The van der Waals surface area contributed by atoms with E-state index in [1.54, 1.807) is 0 Å². The van der Waals surface area contributed by atoms with Crippen LogP contribution < -0.4 is 0 Å². The number of carbonyl (C=O) groups excluding carboxylic acids is 1. The lowest BCUT2D eigenvalue weighted by Crippen LogP contribution is -2.36. The predicted octanol–water partition coefficient (Wildman–Crippen LogP) is 2.78.